The molecule has 0 saturated heterocycles. The molecule has 6 rings (SSSR count). The Balaban J connectivity index is 1.79. The molecular formula is C37H42. The van der Waals surface area contributed by atoms with Gasteiger partial charge in [0.1, 0.15) is 0 Å². The molecule has 0 nitrogen and oxygen atoms in total. The van der Waals surface area contributed by atoms with E-state index >= 15 is 0 Å². The van der Waals surface area contributed by atoms with Crippen molar-refractivity contribution in [3.8, 4) is 11.1 Å². The molecule has 0 radical (unpaired) electrons. The minimum absolute atomic E-state index is 0.0931. The molecule has 3 aliphatic carbocycles. The van der Waals surface area contributed by atoms with Gasteiger partial charge in [-0.15, -0.1) is 0 Å². The topological polar surface area (TPSA) is 0 Å². The molecule has 0 aliphatic heterocycles. The van der Waals surface area contributed by atoms with Crippen LogP contribution in [0.5, 0.6) is 0 Å². The van der Waals surface area contributed by atoms with Crippen molar-refractivity contribution in [3.05, 3.63) is 111 Å². The highest BCUT2D eigenvalue weighted by Crippen LogP contribution is 2.64. The number of hydrogen-bond donors (Lipinski definition) is 0. The predicted octanol–water partition coefficient (Wildman–Crippen LogP) is 10.0. The lowest BCUT2D eigenvalue weighted by Gasteiger charge is -2.35. The molecule has 0 amide bonds. The second-order valence-corrected chi connectivity index (χ2v) is 14.6. The van der Waals surface area contributed by atoms with E-state index in [0.717, 1.165) is 12.8 Å². The molecule has 0 fully saturated rings. The standard InChI is InChI=1S/C37H42/c1-34(2,3)23-14-17-27-26-12-10-11-13-30(26)37(31(27)20-23)32-21-24(35(4,5)6)15-18-28(32)29-19-16-25(22-33(29)37)36(7,8)9/h11,13-22H,10,12H2,1-9H3. The maximum Gasteiger partial charge on any atom is 0.0722 e. The number of hydrogen-bond acceptors (Lipinski definition) is 0. The van der Waals surface area contributed by atoms with Crippen molar-refractivity contribution in [2.24, 2.45) is 0 Å². The van der Waals surface area contributed by atoms with Gasteiger partial charge in [0, 0.05) is 0 Å². The van der Waals surface area contributed by atoms with Crippen LogP contribution in [0.15, 0.2) is 72.3 Å². The van der Waals surface area contributed by atoms with E-state index in [1.54, 1.807) is 5.57 Å². The molecule has 0 bridgehead atoms. The molecule has 3 aromatic rings. The van der Waals surface area contributed by atoms with E-state index in [4.69, 9.17) is 0 Å². The van der Waals surface area contributed by atoms with Crippen LogP contribution in [0, 0.1) is 0 Å². The van der Waals surface area contributed by atoms with Crippen molar-refractivity contribution in [3.63, 3.8) is 0 Å². The molecular weight excluding hydrogens is 444 g/mol. The second-order valence-electron chi connectivity index (χ2n) is 14.6. The summed E-state index contributed by atoms with van der Waals surface area (Å²) in [6.45, 7) is 21.1. The Morgan fingerprint density at radius 2 is 0.946 bits per heavy atom. The molecule has 3 aromatic carbocycles. The molecule has 3 aliphatic rings. The molecule has 0 saturated carbocycles. The van der Waals surface area contributed by atoms with Crippen LogP contribution in [-0.4, -0.2) is 0 Å². The van der Waals surface area contributed by atoms with Crippen molar-refractivity contribution in [1.29, 1.82) is 0 Å². The maximum atomic E-state index is 2.56. The van der Waals surface area contributed by atoms with Gasteiger partial charge in [0.2, 0.25) is 0 Å². The first kappa shape index (κ1) is 24.5. The predicted molar refractivity (Wildman–Crippen MR) is 160 cm³/mol. The molecule has 0 heteroatoms. The van der Waals surface area contributed by atoms with E-state index in [0.29, 0.717) is 0 Å². The van der Waals surface area contributed by atoms with Gasteiger partial charge in [0.25, 0.3) is 0 Å². The summed E-state index contributed by atoms with van der Waals surface area (Å²) in [5.74, 6) is 0. The Kier molecular flexibility index (Phi) is 5.02. The first-order valence-corrected chi connectivity index (χ1v) is 14.1. The highest BCUT2D eigenvalue weighted by molar-refractivity contribution is 5.96. The van der Waals surface area contributed by atoms with Crippen molar-refractivity contribution in [1.82, 2.24) is 0 Å². The third kappa shape index (κ3) is 3.41. The minimum atomic E-state index is -0.254. The van der Waals surface area contributed by atoms with Gasteiger partial charge in [0.15, 0.2) is 0 Å². The average Bonchev–Trinajstić information content (AvgIpc) is 3.28. The lowest BCUT2D eigenvalue weighted by Crippen LogP contribution is -2.29. The summed E-state index contributed by atoms with van der Waals surface area (Å²) >= 11 is 0. The second kappa shape index (κ2) is 7.59. The zero-order chi connectivity index (χ0) is 26.5. The van der Waals surface area contributed by atoms with E-state index in [1.807, 2.05) is 0 Å². The fraction of sp³-hybridized carbons (Fsp3) is 0.405. The Hall–Kier alpha value is -2.86. The zero-order valence-corrected chi connectivity index (χ0v) is 24.3. The molecule has 190 valence electrons. The van der Waals surface area contributed by atoms with Crippen LogP contribution in [0.2, 0.25) is 0 Å². The van der Waals surface area contributed by atoms with Crippen LogP contribution in [0.4, 0.5) is 0 Å². The third-order valence-electron chi connectivity index (χ3n) is 9.06. The Morgan fingerprint density at radius 3 is 1.38 bits per heavy atom. The Labute approximate surface area is 224 Å². The SMILES string of the molecule is CC(C)(C)c1ccc2c(c1)C1(C3=C2CCC=C3)c2cc(C(C)(C)C)ccc2-c2ccc(C(C)(C)C)cc21. The van der Waals surface area contributed by atoms with Crippen LogP contribution < -0.4 is 0 Å². The van der Waals surface area contributed by atoms with E-state index in [-0.39, 0.29) is 21.7 Å². The van der Waals surface area contributed by atoms with Crippen molar-refractivity contribution < 1.29 is 0 Å². The van der Waals surface area contributed by atoms with Gasteiger partial charge in [-0.05, 0) is 90.3 Å². The number of rotatable bonds is 0. The molecule has 1 spiro atoms. The smallest absolute Gasteiger partial charge is 0.0722 e. The third-order valence-corrected chi connectivity index (χ3v) is 9.06. The summed E-state index contributed by atoms with van der Waals surface area (Å²) in [5, 5.41) is 0. The van der Waals surface area contributed by atoms with Crippen LogP contribution in [0.1, 0.15) is 114 Å². The van der Waals surface area contributed by atoms with E-state index < -0.39 is 0 Å². The quantitative estimate of drug-likeness (QED) is 0.296. The summed E-state index contributed by atoms with van der Waals surface area (Å²) in [6, 6.07) is 22.1. The molecule has 37 heavy (non-hydrogen) atoms. The zero-order valence-electron chi connectivity index (χ0n) is 24.3. The lowest BCUT2D eigenvalue weighted by molar-refractivity contribution is 0.584. The van der Waals surface area contributed by atoms with Crippen LogP contribution in [-0.2, 0) is 21.7 Å². The Morgan fingerprint density at radius 1 is 0.541 bits per heavy atom. The largest absolute Gasteiger partial charge is 0.0839 e. The van der Waals surface area contributed by atoms with E-state index in [1.165, 1.54) is 55.6 Å². The molecule has 0 atom stereocenters. The summed E-state index contributed by atoms with van der Waals surface area (Å²) in [6.07, 6.45) is 7.13. The molecule has 0 heterocycles. The average molecular weight is 487 g/mol. The normalized spacial score (nSPS) is 17.6. The summed E-state index contributed by atoms with van der Waals surface area (Å²) in [5.41, 5.74) is 16.1. The summed E-state index contributed by atoms with van der Waals surface area (Å²) in [7, 11) is 0. The highest BCUT2D eigenvalue weighted by atomic mass is 14.5. The van der Waals surface area contributed by atoms with E-state index in [9.17, 15) is 0 Å². The summed E-state index contributed by atoms with van der Waals surface area (Å²) in [4.78, 5) is 0. The summed E-state index contributed by atoms with van der Waals surface area (Å²) < 4.78 is 0. The first-order chi connectivity index (χ1) is 17.2. The number of benzene rings is 3. The first-order valence-electron chi connectivity index (χ1n) is 14.1. The van der Waals surface area contributed by atoms with Crippen molar-refractivity contribution in [2.75, 3.05) is 0 Å². The van der Waals surface area contributed by atoms with Crippen LogP contribution in [0.3, 0.4) is 0 Å². The molecule has 0 aromatic heterocycles. The fourth-order valence-electron chi connectivity index (χ4n) is 6.86. The number of allylic oxidation sites excluding steroid dienone is 4. The fourth-order valence-corrected chi connectivity index (χ4v) is 6.86. The maximum absolute atomic E-state index is 2.56. The van der Waals surface area contributed by atoms with Gasteiger partial charge >= 0.3 is 0 Å². The van der Waals surface area contributed by atoms with Crippen LogP contribution in [0.25, 0.3) is 16.7 Å². The number of fused-ring (bicyclic) bond motifs is 9. The van der Waals surface area contributed by atoms with Crippen LogP contribution >= 0.6 is 0 Å². The van der Waals surface area contributed by atoms with Gasteiger partial charge in [-0.2, -0.15) is 0 Å². The Bertz CT molecular complexity index is 1440. The molecule has 0 N–H and O–H groups in total. The van der Waals surface area contributed by atoms with Gasteiger partial charge in [-0.25, -0.2) is 0 Å². The highest BCUT2D eigenvalue weighted by Gasteiger charge is 2.53. The van der Waals surface area contributed by atoms with Gasteiger partial charge < -0.3 is 0 Å². The lowest BCUT2D eigenvalue weighted by atomic mass is 9.67. The van der Waals surface area contributed by atoms with Crippen molar-refractivity contribution in [2.45, 2.75) is 96.8 Å². The monoisotopic (exact) mass is 486 g/mol. The van der Waals surface area contributed by atoms with Gasteiger partial charge in [0.05, 0.1) is 5.41 Å². The van der Waals surface area contributed by atoms with Gasteiger partial charge in [-0.1, -0.05) is 129 Å². The minimum Gasteiger partial charge on any atom is -0.0839 e. The van der Waals surface area contributed by atoms with Crippen molar-refractivity contribution >= 4 is 5.57 Å². The van der Waals surface area contributed by atoms with Gasteiger partial charge in [-0.3, -0.25) is 0 Å². The molecule has 0 unspecified atom stereocenters. The van der Waals surface area contributed by atoms with E-state index in [2.05, 4.69) is 129 Å².